The maximum atomic E-state index is 14.4. The van der Waals surface area contributed by atoms with E-state index < -0.39 is 12.1 Å². The van der Waals surface area contributed by atoms with Crippen LogP contribution >= 0.6 is 0 Å². The van der Waals surface area contributed by atoms with E-state index in [0.29, 0.717) is 31.1 Å². The number of benzene rings is 1. The number of rotatable bonds is 10. The van der Waals surface area contributed by atoms with Crippen LogP contribution in [0.25, 0.3) is 0 Å². The van der Waals surface area contributed by atoms with Crippen molar-refractivity contribution in [1.29, 1.82) is 0 Å². The first kappa shape index (κ1) is 29.8. The Balaban J connectivity index is 0.000000604. The highest BCUT2D eigenvalue weighted by molar-refractivity contribution is 5.74. The maximum Gasteiger partial charge on any atom is 0.490 e. The third-order valence-electron chi connectivity index (χ3n) is 5.48. The molecule has 0 atom stereocenters. The number of aromatic nitrogens is 2. The molecular formula is C23H33F4N7O3. The van der Waals surface area contributed by atoms with Crippen molar-refractivity contribution in [3.8, 4) is 6.01 Å². The number of nitrogens with one attached hydrogen (secondary N) is 1. The van der Waals surface area contributed by atoms with Gasteiger partial charge in [-0.25, -0.2) is 14.6 Å². The molecule has 0 unspecified atom stereocenters. The predicted molar refractivity (Wildman–Crippen MR) is 131 cm³/mol. The number of carboxylic acids is 1. The molecule has 14 heteroatoms. The van der Waals surface area contributed by atoms with Crippen LogP contribution in [0.4, 0.5) is 34.9 Å². The van der Waals surface area contributed by atoms with Crippen LogP contribution in [0.15, 0.2) is 18.2 Å². The highest BCUT2D eigenvalue weighted by Gasteiger charge is 2.38. The molecule has 1 aliphatic heterocycles. The predicted octanol–water partition coefficient (Wildman–Crippen LogP) is 3.33. The molecule has 0 spiro atoms. The fourth-order valence-corrected chi connectivity index (χ4v) is 3.50. The number of carbonyl (C=O) groups is 1. The lowest BCUT2D eigenvalue weighted by atomic mass is 10.1. The number of likely N-dealkylation sites (tertiary alicyclic amines) is 1. The Bertz CT molecular complexity index is 1030. The van der Waals surface area contributed by atoms with Crippen LogP contribution in [-0.4, -0.2) is 58.9 Å². The van der Waals surface area contributed by atoms with E-state index in [-0.39, 0.29) is 23.3 Å². The molecule has 0 bridgehead atoms. The Hall–Kier alpha value is -3.39. The molecular weight excluding hydrogens is 498 g/mol. The number of nitrogen functional groups attached to an aromatic ring is 2. The Morgan fingerprint density at radius 1 is 1.24 bits per heavy atom. The van der Waals surface area contributed by atoms with Crippen molar-refractivity contribution in [3.63, 3.8) is 0 Å². The largest absolute Gasteiger partial charge is 0.490 e. The molecule has 1 aliphatic rings. The Morgan fingerprint density at radius 2 is 1.89 bits per heavy atom. The van der Waals surface area contributed by atoms with Gasteiger partial charge in [0, 0.05) is 19.2 Å². The Kier molecular flexibility index (Phi) is 11.1. The molecule has 0 amide bonds. The van der Waals surface area contributed by atoms with Crippen LogP contribution in [0.5, 0.6) is 6.01 Å². The quantitative estimate of drug-likeness (QED) is 0.205. The van der Waals surface area contributed by atoms with Gasteiger partial charge in [0.1, 0.15) is 11.5 Å². The van der Waals surface area contributed by atoms with E-state index in [0.717, 1.165) is 31.5 Å². The summed E-state index contributed by atoms with van der Waals surface area (Å²) in [7, 11) is 1.77. The van der Waals surface area contributed by atoms with Crippen molar-refractivity contribution in [2.24, 2.45) is 0 Å². The minimum atomic E-state index is -5.08. The fourth-order valence-electron chi connectivity index (χ4n) is 3.50. The van der Waals surface area contributed by atoms with Crippen LogP contribution in [-0.2, 0) is 17.9 Å². The van der Waals surface area contributed by atoms with E-state index in [9.17, 15) is 17.6 Å². The van der Waals surface area contributed by atoms with Crippen molar-refractivity contribution < 1.29 is 32.2 Å². The molecule has 0 radical (unpaired) electrons. The second-order valence-corrected chi connectivity index (χ2v) is 8.35. The third-order valence-corrected chi connectivity index (χ3v) is 5.48. The molecule has 1 aromatic heterocycles. The number of hydrogen-bond donors (Lipinski definition) is 4. The molecule has 206 valence electrons. The zero-order valence-corrected chi connectivity index (χ0v) is 20.8. The standard InChI is InChI=1S/C21H32FN7O.C2HF3O2/c1-3-4-11-30-21-26-19(24)18(23)20(27-21)29(25-2)13-15-7-8-17(22)16(12-15)14-28-9-5-6-10-28;3-2(4,5)1(6)7/h7-8,12,25H,3-6,9-11,13-14,23H2,1-2H3,(H2,24,26,27);(H,6,7). The van der Waals surface area contributed by atoms with Crippen LogP contribution in [0, 0.1) is 5.82 Å². The van der Waals surface area contributed by atoms with Gasteiger partial charge in [0.15, 0.2) is 11.6 Å². The van der Waals surface area contributed by atoms with Gasteiger partial charge in [-0.05, 0) is 50.0 Å². The van der Waals surface area contributed by atoms with Crippen LogP contribution in [0.1, 0.15) is 43.7 Å². The first-order chi connectivity index (χ1) is 17.5. The normalized spacial score (nSPS) is 13.7. The highest BCUT2D eigenvalue weighted by Crippen LogP contribution is 2.28. The minimum Gasteiger partial charge on any atom is -0.475 e. The summed E-state index contributed by atoms with van der Waals surface area (Å²) in [6.45, 7) is 5.68. The molecule has 2 heterocycles. The number of halogens is 4. The van der Waals surface area contributed by atoms with Gasteiger partial charge in [0.05, 0.1) is 13.2 Å². The summed E-state index contributed by atoms with van der Waals surface area (Å²) in [6.07, 6.45) is -0.837. The molecule has 10 nitrogen and oxygen atoms in total. The molecule has 6 N–H and O–H groups in total. The van der Waals surface area contributed by atoms with Gasteiger partial charge >= 0.3 is 18.2 Å². The van der Waals surface area contributed by atoms with Gasteiger partial charge in [-0.2, -0.15) is 23.1 Å². The lowest BCUT2D eigenvalue weighted by Gasteiger charge is -2.25. The summed E-state index contributed by atoms with van der Waals surface area (Å²) >= 11 is 0. The number of nitrogens with zero attached hydrogens (tertiary/aromatic N) is 4. The molecule has 3 rings (SSSR count). The average Bonchev–Trinajstić information content (AvgIpc) is 3.35. The van der Waals surface area contributed by atoms with Crippen LogP contribution in [0.2, 0.25) is 0 Å². The molecule has 1 saturated heterocycles. The number of alkyl halides is 3. The summed E-state index contributed by atoms with van der Waals surface area (Å²) in [4.78, 5) is 19.7. The number of hydrogen-bond acceptors (Lipinski definition) is 9. The summed E-state index contributed by atoms with van der Waals surface area (Å²) in [5.41, 5.74) is 17.1. The molecule has 0 aliphatic carbocycles. The number of anilines is 3. The van der Waals surface area contributed by atoms with Crippen molar-refractivity contribution in [1.82, 2.24) is 20.3 Å². The number of ether oxygens (including phenoxy) is 1. The van der Waals surface area contributed by atoms with Crippen molar-refractivity contribution >= 4 is 23.3 Å². The number of hydrazine groups is 1. The van der Waals surface area contributed by atoms with E-state index in [4.69, 9.17) is 26.1 Å². The lowest BCUT2D eigenvalue weighted by molar-refractivity contribution is -0.192. The van der Waals surface area contributed by atoms with E-state index in [1.807, 2.05) is 6.07 Å². The maximum absolute atomic E-state index is 14.4. The van der Waals surface area contributed by atoms with E-state index in [2.05, 4.69) is 27.2 Å². The molecule has 2 aromatic rings. The second kappa shape index (κ2) is 13.8. The SMILES string of the molecule is CCCCOc1nc(N)c(N)c(N(Cc2ccc(F)c(CN3CCCC3)c2)NC)n1.O=C(O)C(F)(F)F. The molecule has 0 saturated carbocycles. The topological polar surface area (TPSA) is 143 Å². The minimum absolute atomic E-state index is 0.167. The van der Waals surface area contributed by atoms with Gasteiger partial charge in [0.2, 0.25) is 0 Å². The third kappa shape index (κ3) is 9.21. The molecule has 1 aromatic carbocycles. The van der Waals surface area contributed by atoms with Crippen molar-refractivity contribution in [2.45, 2.75) is 51.9 Å². The van der Waals surface area contributed by atoms with E-state index in [1.165, 1.54) is 18.9 Å². The van der Waals surface area contributed by atoms with Crippen molar-refractivity contribution in [2.75, 3.05) is 43.2 Å². The average molecular weight is 532 g/mol. The zero-order valence-electron chi connectivity index (χ0n) is 20.8. The summed E-state index contributed by atoms with van der Waals surface area (Å²) in [5.74, 6) is -2.34. The summed E-state index contributed by atoms with van der Waals surface area (Å²) in [6, 6.07) is 5.38. The molecule has 1 fully saturated rings. The van der Waals surface area contributed by atoms with Gasteiger partial charge in [-0.3, -0.25) is 9.91 Å². The Labute approximate surface area is 212 Å². The fraction of sp³-hybridized carbons (Fsp3) is 0.522. The number of carboxylic acid groups (broad SMARTS) is 1. The van der Waals surface area contributed by atoms with Crippen LogP contribution in [0.3, 0.4) is 0 Å². The smallest absolute Gasteiger partial charge is 0.475 e. The molecule has 37 heavy (non-hydrogen) atoms. The van der Waals surface area contributed by atoms with Crippen LogP contribution < -0.4 is 26.6 Å². The zero-order chi connectivity index (χ0) is 27.6. The first-order valence-corrected chi connectivity index (χ1v) is 11.8. The Morgan fingerprint density at radius 3 is 2.46 bits per heavy atom. The first-order valence-electron chi connectivity index (χ1n) is 11.8. The summed E-state index contributed by atoms with van der Waals surface area (Å²) in [5, 5.41) is 8.88. The van der Waals surface area contributed by atoms with Gasteiger partial charge < -0.3 is 21.3 Å². The number of nitrogens with two attached hydrogens (primary N) is 2. The lowest BCUT2D eigenvalue weighted by Crippen LogP contribution is -2.36. The number of unbranched alkanes of at least 4 members (excludes halogenated alkanes) is 1. The van der Waals surface area contributed by atoms with Gasteiger partial charge in [0.25, 0.3) is 0 Å². The second-order valence-electron chi connectivity index (χ2n) is 8.35. The number of aliphatic carboxylic acids is 1. The monoisotopic (exact) mass is 531 g/mol. The van der Waals surface area contributed by atoms with Gasteiger partial charge in [-0.15, -0.1) is 0 Å². The van der Waals surface area contributed by atoms with Gasteiger partial charge in [-0.1, -0.05) is 19.4 Å². The van der Waals surface area contributed by atoms with Crippen molar-refractivity contribution in [3.05, 3.63) is 35.1 Å². The summed E-state index contributed by atoms with van der Waals surface area (Å²) < 4.78 is 51.7. The highest BCUT2D eigenvalue weighted by atomic mass is 19.4. The van der Waals surface area contributed by atoms with E-state index in [1.54, 1.807) is 18.1 Å². The van der Waals surface area contributed by atoms with E-state index >= 15 is 0 Å².